The summed E-state index contributed by atoms with van der Waals surface area (Å²) in [6.45, 7) is 0.211. The Kier molecular flexibility index (Phi) is 8.21. The maximum absolute atomic E-state index is 12.2. The van der Waals surface area contributed by atoms with E-state index in [0.29, 0.717) is 26.9 Å². The Balaban J connectivity index is 1.67. The van der Waals surface area contributed by atoms with Crippen LogP contribution in [0.5, 0.6) is 5.75 Å². The summed E-state index contributed by atoms with van der Waals surface area (Å²) >= 11 is 15.5. The Morgan fingerprint density at radius 3 is 2.66 bits per heavy atom. The van der Waals surface area contributed by atoms with Gasteiger partial charge in [-0.3, -0.25) is 14.9 Å². The second kappa shape index (κ2) is 11.1. The number of hydrogen-bond acceptors (Lipinski definition) is 5. The van der Waals surface area contributed by atoms with Crippen LogP contribution in [0.3, 0.4) is 0 Å². The first kappa shape index (κ1) is 23.7. The fourth-order valence-electron chi connectivity index (χ4n) is 2.77. The number of para-hydroxylation sites is 1. The molecule has 0 spiro atoms. The van der Waals surface area contributed by atoms with Crippen LogP contribution in [-0.2, 0) is 17.8 Å². The molecule has 0 saturated carbocycles. The van der Waals surface area contributed by atoms with Gasteiger partial charge in [-0.15, -0.1) is 0 Å². The monoisotopic (exact) mass is 535 g/mol. The smallest absolute Gasteiger partial charge is 0.273 e. The van der Waals surface area contributed by atoms with Crippen LogP contribution in [-0.4, -0.2) is 17.0 Å². The molecule has 0 fully saturated rings. The van der Waals surface area contributed by atoms with Crippen molar-refractivity contribution in [3.8, 4) is 5.75 Å². The van der Waals surface area contributed by atoms with Gasteiger partial charge >= 0.3 is 0 Å². The highest BCUT2D eigenvalue weighted by Gasteiger charge is 2.15. The van der Waals surface area contributed by atoms with E-state index in [-0.39, 0.29) is 18.7 Å². The number of amides is 1. The number of hydrazone groups is 1. The number of nitrogens with zero attached hydrogens (tertiary/aromatic N) is 2. The third-order valence-corrected chi connectivity index (χ3v) is 5.38. The van der Waals surface area contributed by atoms with E-state index in [9.17, 15) is 14.9 Å². The van der Waals surface area contributed by atoms with Gasteiger partial charge in [-0.1, -0.05) is 63.4 Å². The molecule has 1 N–H and O–H groups in total. The minimum atomic E-state index is -0.524. The fraction of sp³-hybridized carbons (Fsp3) is 0.0909. The number of hydrogen-bond donors (Lipinski definition) is 1. The molecule has 0 bridgehead atoms. The molecule has 10 heteroatoms. The van der Waals surface area contributed by atoms with Gasteiger partial charge in [0.1, 0.15) is 12.4 Å². The molecule has 0 heterocycles. The van der Waals surface area contributed by atoms with Crippen molar-refractivity contribution < 1.29 is 14.5 Å². The van der Waals surface area contributed by atoms with Crippen LogP contribution in [0.25, 0.3) is 0 Å². The number of nitro benzene ring substituents is 1. The van der Waals surface area contributed by atoms with E-state index in [2.05, 4.69) is 26.5 Å². The molecule has 1 amide bonds. The van der Waals surface area contributed by atoms with E-state index in [1.807, 2.05) is 6.07 Å². The van der Waals surface area contributed by atoms with Crippen LogP contribution in [0.1, 0.15) is 16.7 Å². The summed E-state index contributed by atoms with van der Waals surface area (Å²) in [5, 5.41) is 16.1. The van der Waals surface area contributed by atoms with Crippen molar-refractivity contribution in [3.63, 3.8) is 0 Å². The maximum atomic E-state index is 12.2. The summed E-state index contributed by atoms with van der Waals surface area (Å²) in [5.74, 6) is 0.0388. The third-order valence-electron chi connectivity index (χ3n) is 4.30. The van der Waals surface area contributed by atoms with Gasteiger partial charge in [0.25, 0.3) is 5.69 Å². The zero-order chi connectivity index (χ0) is 23.1. The average molecular weight is 537 g/mol. The zero-order valence-electron chi connectivity index (χ0n) is 16.4. The molecule has 0 aliphatic heterocycles. The lowest BCUT2D eigenvalue weighted by atomic mass is 10.1. The zero-order valence-corrected chi connectivity index (χ0v) is 19.5. The van der Waals surface area contributed by atoms with Crippen molar-refractivity contribution in [2.45, 2.75) is 13.0 Å². The van der Waals surface area contributed by atoms with Crippen LogP contribution in [0, 0.1) is 10.1 Å². The van der Waals surface area contributed by atoms with Crippen molar-refractivity contribution in [3.05, 3.63) is 102 Å². The van der Waals surface area contributed by atoms with Gasteiger partial charge in [0, 0.05) is 37.3 Å². The summed E-state index contributed by atoms with van der Waals surface area (Å²) < 4.78 is 6.66. The van der Waals surface area contributed by atoms with Crippen molar-refractivity contribution in [2.75, 3.05) is 0 Å². The standard InChI is InChI=1S/C22H16BrCl2N3O4/c23-17-6-8-21(32-13-15-5-7-18(24)11-19(15)25)16(9-17)12-26-27-22(29)10-14-3-1-2-4-20(14)28(30)31/h1-9,11-12H,10,13H2,(H,27,29)/b26-12+. The molecule has 3 rings (SSSR count). The van der Waals surface area contributed by atoms with E-state index < -0.39 is 10.8 Å². The summed E-state index contributed by atoms with van der Waals surface area (Å²) in [6.07, 6.45) is 1.26. The van der Waals surface area contributed by atoms with Crippen molar-refractivity contribution in [1.82, 2.24) is 5.43 Å². The van der Waals surface area contributed by atoms with Crippen LogP contribution in [0.4, 0.5) is 5.69 Å². The minimum absolute atomic E-state index is 0.116. The quantitative estimate of drug-likeness (QED) is 0.219. The Bertz CT molecular complexity index is 1190. The van der Waals surface area contributed by atoms with Gasteiger partial charge in [-0.25, -0.2) is 5.43 Å². The molecule has 0 aliphatic rings. The number of rotatable bonds is 8. The lowest BCUT2D eigenvalue weighted by Crippen LogP contribution is -2.20. The molecule has 3 aromatic carbocycles. The second-order valence-electron chi connectivity index (χ2n) is 6.56. The Hall–Kier alpha value is -2.94. The number of nitro groups is 1. The Morgan fingerprint density at radius 2 is 1.91 bits per heavy atom. The number of nitrogens with one attached hydrogen (secondary N) is 1. The van der Waals surface area contributed by atoms with E-state index in [4.69, 9.17) is 27.9 Å². The summed E-state index contributed by atoms with van der Waals surface area (Å²) in [4.78, 5) is 22.8. The lowest BCUT2D eigenvalue weighted by Gasteiger charge is -2.11. The SMILES string of the molecule is O=C(Cc1ccccc1[N+](=O)[O-])N/N=C/c1cc(Br)ccc1OCc1ccc(Cl)cc1Cl. The second-order valence-corrected chi connectivity index (χ2v) is 8.32. The maximum Gasteiger partial charge on any atom is 0.273 e. The van der Waals surface area contributed by atoms with Crippen LogP contribution >= 0.6 is 39.1 Å². The Labute approximate surface area is 202 Å². The first-order valence-electron chi connectivity index (χ1n) is 9.24. The van der Waals surface area contributed by atoms with Gasteiger partial charge < -0.3 is 4.74 Å². The number of carbonyl (C=O) groups excluding carboxylic acids is 1. The molecule has 0 saturated heterocycles. The molecule has 7 nitrogen and oxygen atoms in total. The first-order valence-corrected chi connectivity index (χ1v) is 10.8. The van der Waals surface area contributed by atoms with Gasteiger partial charge in [-0.05, 0) is 30.3 Å². The minimum Gasteiger partial charge on any atom is -0.488 e. The van der Waals surface area contributed by atoms with E-state index in [1.54, 1.807) is 42.5 Å². The van der Waals surface area contributed by atoms with Gasteiger partial charge in [0.2, 0.25) is 5.91 Å². The van der Waals surface area contributed by atoms with E-state index in [0.717, 1.165) is 10.0 Å². The van der Waals surface area contributed by atoms with E-state index in [1.165, 1.54) is 18.3 Å². The number of benzene rings is 3. The molecule has 0 radical (unpaired) electrons. The molecule has 164 valence electrons. The highest BCUT2D eigenvalue weighted by Crippen LogP contribution is 2.26. The molecular formula is C22H16BrCl2N3O4. The highest BCUT2D eigenvalue weighted by atomic mass is 79.9. The predicted octanol–water partition coefficient (Wildman–Crippen LogP) is 5.94. The van der Waals surface area contributed by atoms with Gasteiger partial charge in [0.15, 0.2) is 0 Å². The fourth-order valence-corrected chi connectivity index (χ4v) is 3.61. The molecule has 0 atom stereocenters. The topological polar surface area (TPSA) is 93.8 Å². The van der Waals surface area contributed by atoms with E-state index >= 15 is 0 Å². The number of ether oxygens (including phenoxy) is 1. The largest absolute Gasteiger partial charge is 0.488 e. The van der Waals surface area contributed by atoms with Crippen LogP contribution in [0.15, 0.2) is 70.2 Å². The number of halogens is 3. The van der Waals surface area contributed by atoms with Crippen LogP contribution < -0.4 is 10.2 Å². The number of carbonyl (C=O) groups is 1. The summed E-state index contributed by atoms with van der Waals surface area (Å²) in [6, 6.07) is 16.5. The van der Waals surface area contributed by atoms with Crippen molar-refractivity contribution in [2.24, 2.45) is 5.10 Å². The van der Waals surface area contributed by atoms with Crippen molar-refractivity contribution >= 4 is 56.9 Å². The molecule has 0 aromatic heterocycles. The van der Waals surface area contributed by atoms with Crippen LogP contribution in [0.2, 0.25) is 10.0 Å². The predicted molar refractivity (Wildman–Crippen MR) is 127 cm³/mol. The normalized spacial score (nSPS) is 10.8. The molecule has 3 aromatic rings. The summed E-state index contributed by atoms with van der Waals surface area (Å²) in [7, 11) is 0. The van der Waals surface area contributed by atoms with Gasteiger partial charge in [-0.2, -0.15) is 5.10 Å². The molecule has 0 aliphatic carbocycles. The first-order chi connectivity index (χ1) is 15.3. The van der Waals surface area contributed by atoms with Crippen molar-refractivity contribution in [1.29, 1.82) is 0 Å². The summed E-state index contributed by atoms with van der Waals surface area (Å²) in [5.41, 5.74) is 3.94. The Morgan fingerprint density at radius 1 is 1.12 bits per heavy atom. The highest BCUT2D eigenvalue weighted by molar-refractivity contribution is 9.10. The lowest BCUT2D eigenvalue weighted by molar-refractivity contribution is -0.385. The molecule has 0 unspecified atom stereocenters. The van der Waals surface area contributed by atoms with Gasteiger partial charge in [0.05, 0.1) is 17.6 Å². The average Bonchev–Trinajstić information content (AvgIpc) is 2.74. The molecular weight excluding hydrogens is 521 g/mol. The third kappa shape index (κ3) is 6.53. The molecule has 32 heavy (non-hydrogen) atoms.